The van der Waals surface area contributed by atoms with Gasteiger partial charge in [0.25, 0.3) is 0 Å². The molecule has 13 nitrogen and oxygen atoms in total. The van der Waals surface area contributed by atoms with Crippen LogP contribution in [0.3, 0.4) is 0 Å². The van der Waals surface area contributed by atoms with Crippen molar-refractivity contribution in [1.29, 1.82) is 0 Å². The second-order valence-electron chi connectivity index (χ2n) is 15.3. The van der Waals surface area contributed by atoms with Crippen LogP contribution in [0, 0.1) is 17.8 Å². The Bertz CT molecular complexity index is 1940. The molecule has 1 saturated carbocycles. The molecule has 2 aliphatic carbocycles. The van der Waals surface area contributed by atoms with Gasteiger partial charge in [-0.25, -0.2) is 4.79 Å². The average molecular weight is 827 g/mol. The topological polar surface area (TPSA) is 166 Å². The average Bonchev–Trinajstić information content (AvgIpc) is 3.27. The fraction of sp³-hybridized carbons (Fsp3) is 0.468. The van der Waals surface area contributed by atoms with Crippen LogP contribution in [0.2, 0.25) is 0 Å². The lowest BCUT2D eigenvalue weighted by atomic mass is 9.55. The van der Waals surface area contributed by atoms with E-state index in [1.165, 1.54) is 7.11 Å². The van der Waals surface area contributed by atoms with Gasteiger partial charge >= 0.3 is 6.09 Å². The summed E-state index contributed by atoms with van der Waals surface area (Å²) in [4.78, 5) is 33.3. The first-order valence-corrected chi connectivity index (χ1v) is 20.9. The number of hydrogen-bond acceptors (Lipinski definition) is 12. The highest BCUT2D eigenvalue weighted by molar-refractivity contribution is 6.03. The maximum Gasteiger partial charge on any atom is 0.410 e. The molecule has 3 N–H and O–H groups in total. The molecule has 0 unspecified atom stereocenters. The van der Waals surface area contributed by atoms with Gasteiger partial charge in [-0.15, -0.1) is 6.58 Å². The number of hydrogen-bond donors (Lipinski definition) is 3. The van der Waals surface area contributed by atoms with Crippen molar-refractivity contribution in [2.45, 2.75) is 69.3 Å². The number of aliphatic hydroxyl groups is 3. The highest BCUT2D eigenvalue weighted by atomic mass is 16.7. The molecule has 3 aromatic carbocycles. The number of nitrogens with zero attached hydrogens (tertiary/aromatic N) is 2. The van der Waals surface area contributed by atoms with Gasteiger partial charge in [0, 0.05) is 43.2 Å². The Kier molecular flexibility index (Phi) is 16.3. The number of amides is 1. The predicted molar refractivity (Wildman–Crippen MR) is 225 cm³/mol. The standard InChI is InChI=1S/C47H58N2O11/c1-3-24-57-47-43(49(46(54)55-2)20-25-56-26-23-52)30-41(48-58-32-33-12-5-4-6-13-33)39-28-35(15-7-9-21-50)38(17-8-10-22-51)44(45(39)47)40-29-37(18-19-42(40)60-47)59-36-16-11-14-34(27-36)31-53/h3-6,11-14,16,18-19,27-29,31,35,38,43-45,50-52H,1,7-10,15,17,20-26,30,32H2,2H3/t35-,38+,43-,44+,45+,47+/m0/s1. The number of aldehydes is 1. The zero-order chi connectivity index (χ0) is 42.3. The summed E-state index contributed by atoms with van der Waals surface area (Å²) in [6, 6.07) is 21.6. The third-order valence-corrected chi connectivity index (χ3v) is 11.6. The maximum absolute atomic E-state index is 14.0. The molecule has 0 saturated heterocycles. The van der Waals surface area contributed by atoms with Crippen LogP contribution in [-0.4, -0.2) is 103 Å². The van der Waals surface area contributed by atoms with Gasteiger partial charge in [-0.1, -0.05) is 72.6 Å². The minimum atomic E-state index is -1.49. The van der Waals surface area contributed by atoms with E-state index in [-0.39, 0.29) is 77.0 Å². The Hall–Kier alpha value is -5.05. The van der Waals surface area contributed by atoms with E-state index in [0.29, 0.717) is 41.4 Å². The molecule has 60 heavy (non-hydrogen) atoms. The number of allylic oxidation sites excluding steroid dienone is 1. The number of aliphatic hydroxyl groups excluding tert-OH is 3. The van der Waals surface area contributed by atoms with E-state index >= 15 is 0 Å². The van der Waals surface area contributed by atoms with Crippen LogP contribution in [-0.2, 0) is 25.7 Å². The lowest BCUT2D eigenvalue weighted by Gasteiger charge is -2.59. The van der Waals surface area contributed by atoms with Crippen LogP contribution in [0.4, 0.5) is 4.79 Å². The van der Waals surface area contributed by atoms with Gasteiger partial charge in [-0.2, -0.15) is 0 Å². The molecule has 3 aliphatic rings. The monoisotopic (exact) mass is 826 g/mol. The summed E-state index contributed by atoms with van der Waals surface area (Å²) in [5, 5.41) is 34.1. The summed E-state index contributed by atoms with van der Waals surface area (Å²) in [5.41, 5.74) is 3.84. The molecule has 322 valence electrons. The number of carbonyl (C=O) groups is 2. The van der Waals surface area contributed by atoms with Crippen LogP contribution >= 0.6 is 0 Å². The molecule has 1 fully saturated rings. The number of fused-ring (bicyclic) bond motifs is 2. The second-order valence-corrected chi connectivity index (χ2v) is 15.3. The van der Waals surface area contributed by atoms with Crippen molar-refractivity contribution < 1.29 is 53.4 Å². The number of rotatable bonds is 23. The maximum atomic E-state index is 14.0. The van der Waals surface area contributed by atoms with Crippen LogP contribution in [0.5, 0.6) is 17.2 Å². The molecule has 3 aromatic rings. The van der Waals surface area contributed by atoms with Crippen molar-refractivity contribution in [2.24, 2.45) is 22.9 Å². The van der Waals surface area contributed by atoms with Gasteiger partial charge in [-0.05, 0) is 79.0 Å². The molecule has 0 aromatic heterocycles. The van der Waals surface area contributed by atoms with Crippen LogP contribution in [0.25, 0.3) is 0 Å². The molecule has 6 rings (SSSR count). The van der Waals surface area contributed by atoms with Crippen molar-refractivity contribution in [3.8, 4) is 17.2 Å². The number of methoxy groups -OCH3 is 1. The first kappa shape index (κ1) is 44.5. The van der Waals surface area contributed by atoms with Crippen molar-refractivity contribution in [1.82, 2.24) is 4.90 Å². The zero-order valence-electron chi connectivity index (χ0n) is 34.4. The largest absolute Gasteiger partial charge is 0.459 e. The van der Waals surface area contributed by atoms with Gasteiger partial charge < -0.3 is 43.8 Å². The molecule has 6 atom stereocenters. The van der Waals surface area contributed by atoms with E-state index in [0.717, 1.165) is 48.7 Å². The van der Waals surface area contributed by atoms with Crippen molar-refractivity contribution in [2.75, 3.05) is 53.3 Å². The van der Waals surface area contributed by atoms with E-state index in [1.54, 1.807) is 35.2 Å². The minimum Gasteiger partial charge on any atom is -0.459 e. The first-order chi connectivity index (χ1) is 29.4. The summed E-state index contributed by atoms with van der Waals surface area (Å²) in [6.07, 6.45) is 8.66. The summed E-state index contributed by atoms with van der Waals surface area (Å²) in [7, 11) is 1.33. The molecule has 1 heterocycles. The van der Waals surface area contributed by atoms with Gasteiger partial charge in [0.2, 0.25) is 5.79 Å². The molecule has 0 spiro atoms. The summed E-state index contributed by atoms with van der Waals surface area (Å²) < 4.78 is 31.7. The minimum absolute atomic E-state index is 0.00306. The van der Waals surface area contributed by atoms with Crippen molar-refractivity contribution in [3.05, 3.63) is 114 Å². The van der Waals surface area contributed by atoms with Crippen molar-refractivity contribution >= 4 is 18.1 Å². The number of ether oxygens (including phenoxy) is 5. The smallest absolute Gasteiger partial charge is 0.410 e. The van der Waals surface area contributed by atoms with E-state index in [1.807, 2.05) is 48.5 Å². The highest BCUT2D eigenvalue weighted by Crippen LogP contribution is 2.62. The Balaban J connectivity index is 1.57. The number of oxime groups is 1. The summed E-state index contributed by atoms with van der Waals surface area (Å²) in [6.45, 7) is 4.57. The summed E-state index contributed by atoms with van der Waals surface area (Å²) in [5.74, 6) is -0.683. The highest BCUT2D eigenvalue weighted by Gasteiger charge is 2.65. The normalized spacial score (nSPS) is 23.4. The molecule has 13 heteroatoms. The Morgan fingerprint density at radius 2 is 1.73 bits per heavy atom. The molecule has 0 bridgehead atoms. The number of unbranched alkanes of at least 4 members (excludes halogenated alkanes) is 2. The predicted octanol–water partition coefficient (Wildman–Crippen LogP) is 7.20. The lowest BCUT2D eigenvalue weighted by Crippen LogP contribution is -2.70. The second kappa shape index (κ2) is 22.0. The fourth-order valence-corrected chi connectivity index (χ4v) is 9.08. The Labute approximate surface area is 352 Å². The molecular formula is C47H58N2O11. The summed E-state index contributed by atoms with van der Waals surface area (Å²) >= 11 is 0. The number of carbonyl (C=O) groups excluding carboxylic acids is 2. The van der Waals surface area contributed by atoms with Gasteiger partial charge in [0.05, 0.1) is 45.2 Å². The molecule has 1 aliphatic heterocycles. The van der Waals surface area contributed by atoms with Gasteiger partial charge in [0.1, 0.15) is 36.2 Å². The van der Waals surface area contributed by atoms with Gasteiger partial charge in [0.15, 0.2) is 0 Å². The Morgan fingerprint density at radius 3 is 2.47 bits per heavy atom. The van der Waals surface area contributed by atoms with E-state index in [9.17, 15) is 24.9 Å². The van der Waals surface area contributed by atoms with E-state index < -0.39 is 23.8 Å². The first-order valence-electron chi connectivity index (χ1n) is 20.9. The molecule has 0 radical (unpaired) electrons. The van der Waals surface area contributed by atoms with Crippen LogP contribution in [0.1, 0.15) is 72.3 Å². The lowest BCUT2D eigenvalue weighted by molar-refractivity contribution is -0.255. The van der Waals surface area contributed by atoms with E-state index in [4.69, 9.17) is 33.7 Å². The quantitative estimate of drug-likeness (QED) is 0.0383. The van der Waals surface area contributed by atoms with Gasteiger partial charge in [-0.3, -0.25) is 9.69 Å². The van der Waals surface area contributed by atoms with Crippen molar-refractivity contribution in [3.63, 3.8) is 0 Å². The molecule has 1 amide bonds. The zero-order valence-corrected chi connectivity index (χ0v) is 34.4. The SMILES string of the molecule is C=CCO[C@@]12Oc3ccc(Oc4cccc(C=O)c4)cc3[C@H]3[C@H](CCCCO)[C@@H](CCCCO)C=C(C(=NOCc4ccccc4)C[C@@H]1N(CCOCCO)C(=O)OC)[C@H]32. The van der Waals surface area contributed by atoms with Crippen LogP contribution in [0.15, 0.2) is 102 Å². The third-order valence-electron chi connectivity index (χ3n) is 11.6. The molecular weight excluding hydrogens is 769 g/mol. The number of benzene rings is 3. The Morgan fingerprint density at radius 1 is 0.950 bits per heavy atom. The fourth-order valence-electron chi connectivity index (χ4n) is 9.08. The van der Waals surface area contributed by atoms with Crippen LogP contribution < -0.4 is 9.47 Å². The third kappa shape index (κ3) is 10.3. The van der Waals surface area contributed by atoms with E-state index in [2.05, 4.69) is 12.7 Å².